The number of methoxy groups -OCH3 is 1. The number of nitrogens with one attached hydrogen (secondary N) is 2. The van der Waals surface area contributed by atoms with Crippen molar-refractivity contribution >= 4 is 33.2 Å². The number of anilines is 2. The van der Waals surface area contributed by atoms with E-state index in [-0.39, 0.29) is 23.7 Å². The molecule has 0 aromatic heterocycles. The van der Waals surface area contributed by atoms with Crippen LogP contribution in [0.15, 0.2) is 42.5 Å². The van der Waals surface area contributed by atoms with Gasteiger partial charge in [-0.2, -0.15) is 0 Å². The lowest BCUT2D eigenvalue weighted by Gasteiger charge is -2.19. The molecule has 154 valence electrons. The number of hydrogen-bond donors (Lipinski definition) is 2. The van der Waals surface area contributed by atoms with E-state index in [1.54, 1.807) is 6.07 Å². The molecule has 3 rings (SSSR count). The summed E-state index contributed by atoms with van der Waals surface area (Å²) in [4.78, 5) is 24.3. The molecule has 0 bridgehead atoms. The van der Waals surface area contributed by atoms with Crippen molar-refractivity contribution in [2.75, 3.05) is 29.0 Å². The Morgan fingerprint density at radius 3 is 2.45 bits per heavy atom. The van der Waals surface area contributed by atoms with E-state index < -0.39 is 21.8 Å². The van der Waals surface area contributed by atoms with Crippen LogP contribution < -0.4 is 19.7 Å². The molecular formula is C20H23N3O5S. The molecule has 0 atom stereocenters. The van der Waals surface area contributed by atoms with Crippen LogP contribution in [0, 0.1) is 6.92 Å². The fourth-order valence-electron chi connectivity index (χ4n) is 3.02. The second-order valence-corrected chi connectivity index (χ2v) is 8.76. The monoisotopic (exact) mass is 417 g/mol. The van der Waals surface area contributed by atoms with Crippen molar-refractivity contribution in [1.29, 1.82) is 0 Å². The van der Waals surface area contributed by atoms with E-state index in [0.29, 0.717) is 18.7 Å². The van der Waals surface area contributed by atoms with Crippen molar-refractivity contribution in [1.82, 2.24) is 5.32 Å². The van der Waals surface area contributed by atoms with Crippen molar-refractivity contribution in [2.24, 2.45) is 0 Å². The highest BCUT2D eigenvalue weighted by Gasteiger charge is 2.29. The number of ether oxygens (including phenoxy) is 1. The summed E-state index contributed by atoms with van der Waals surface area (Å²) in [6, 6.07) is 12.2. The maximum Gasteiger partial charge on any atom is 0.313 e. The molecule has 9 heteroatoms. The third-order valence-corrected chi connectivity index (χ3v) is 6.47. The molecule has 0 spiro atoms. The lowest BCUT2D eigenvalue weighted by molar-refractivity contribution is -0.136. The molecule has 2 aromatic carbocycles. The highest BCUT2D eigenvalue weighted by atomic mass is 32.2. The van der Waals surface area contributed by atoms with Crippen LogP contribution in [-0.2, 0) is 26.2 Å². The Morgan fingerprint density at radius 2 is 1.83 bits per heavy atom. The number of amides is 2. The number of rotatable bonds is 5. The molecule has 29 heavy (non-hydrogen) atoms. The Bertz CT molecular complexity index is 1020. The third-order valence-electron chi connectivity index (χ3n) is 4.60. The fourth-order valence-corrected chi connectivity index (χ4v) is 4.57. The van der Waals surface area contributed by atoms with Gasteiger partial charge in [0.15, 0.2) is 0 Å². The lowest BCUT2D eigenvalue weighted by Crippen LogP contribution is -2.35. The number of aryl methyl sites for hydroxylation is 1. The van der Waals surface area contributed by atoms with Crippen LogP contribution in [0.25, 0.3) is 0 Å². The molecule has 0 aliphatic carbocycles. The SMILES string of the molecule is COc1cc(N2CCCS2(=O)=O)ccc1NC(=O)C(=O)NCc1ccc(C)cc1. The normalized spacial score (nSPS) is 15.0. The van der Waals surface area contributed by atoms with Gasteiger partial charge in [-0.25, -0.2) is 8.42 Å². The predicted octanol–water partition coefficient (Wildman–Crippen LogP) is 1.80. The molecule has 1 saturated heterocycles. The van der Waals surface area contributed by atoms with Crippen molar-refractivity contribution in [3.8, 4) is 5.75 Å². The first kappa shape index (κ1) is 20.7. The minimum absolute atomic E-state index is 0.106. The van der Waals surface area contributed by atoms with Gasteiger partial charge in [-0.05, 0) is 31.0 Å². The van der Waals surface area contributed by atoms with Crippen LogP contribution in [0.5, 0.6) is 5.75 Å². The average molecular weight is 417 g/mol. The smallest absolute Gasteiger partial charge is 0.313 e. The summed E-state index contributed by atoms with van der Waals surface area (Å²) in [7, 11) is -1.92. The van der Waals surface area contributed by atoms with E-state index in [4.69, 9.17) is 4.74 Å². The maximum absolute atomic E-state index is 12.2. The van der Waals surface area contributed by atoms with Gasteiger partial charge in [-0.15, -0.1) is 0 Å². The molecular weight excluding hydrogens is 394 g/mol. The first-order valence-corrected chi connectivity index (χ1v) is 10.7. The Hall–Kier alpha value is -3.07. The molecule has 0 saturated carbocycles. The summed E-state index contributed by atoms with van der Waals surface area (Å²) in [5, 5.41) is 5.06. The van der Waals surface area contributed by atoms with Gasteiger partial charge in [0, 0.05) is 19.2 Å². The van der Waals surface area contributed by atoms with E-state index >= 15 is 0 Å². The average Bonchev–Trinajstić information content (AvgIpc) is 3.06. The molecule has 1 aliphatic rings. The summed E-state index contributed by atoms with van der Waals surface area (Å²) in [5.41, 5.74) is 2.73. The summed E-state index contributed by atoms with van der Waals surface area (Å²) in [6.45, 7) is 2.60. The zero-order chi connectivity index (χ0) is 21.0. The van der Waals surface area contributed by atoms with Crippen LogP contribution in [0.3, 0.4) is 0 Å². The van der Waals surface area contributed by atoms with Gasteiger partial charge in [-0.3, -0.25) is 13.9 Å². The number of benzene rings is 2. The standard InChI is InChI=1S/C20H23N3O5S/c1-14-4-6-15(7-5-14)13-21-19(24)20(25)22-17-9-8-16(12-18(17)28-2)23-10-3-11-29(23,26)27/h4-9,12H,3,10-11,13H2,1-2H3,(H,21,24)(H,22,25). The molecule has 8 nitrogen and oxygen atoms in total. The molecule has 1 fully saturated rings. The Morgan fingerprint density at radius 1 is 1.10 bits per heavy atom. The number of sulfonamides is 1. The summed E-state index contributed by atoms with van der Waals surface area (Å²) < 4.78 is 30.7. The number of hydrogen-bond acceptors (Lipinski definition) is 5. The first-order chi connectivity index (χ1) is 13.8. The Balaban J connectivity index is 1.66. The first-order valence-electron chi connectivity index (χ1n) is 9.13. The van der Waals surface area contributed by atoms with E-state index in [0.717, 1.165) is 11.1 Å². The van der Waals surface area contributed by atoms with E-state index in [1.165, 1.54) is 23.5 Å². The van der Waals surface area contributed by atoms with E-state index in [1.807, 2.05) is 31.2 Å². The molecule has 2 N–H and O–H groups in total. The highest BCUT2D eigenvalue weighted by molar-refractivity contribution is 7.93. The van der Waals surface area contributed by atoms with Crippen molar-refractivity contribution in [2.45, 2.75) is 19.9 Å². The molecule has 0 radical (unpaired) electrons. The van der Waals surface area contributed by atoms with E-state index in [2.05, 4.69) is 10.6 Å². The summed E-state index contributed by atoms with van der Waals surface area (Å²) in [6.07, 6.45) is 0.560. The minimum atomic E-state index is -3.32. The third kappa shape index (κ3) is 4.86. The van der Waals surface area contributed by atoms with Gasteiger partial charge >= 0.3 is 11.8 Å². The number of carbonyl (C=O) groups excluding carboxylic acids is 2. The summed E-state index contributed by atoms with van der Waals surface area (Å²) >= 11 is 0. The molecule has 1 heterocycles. The van der Waals surface area contributed by atoms with Gasteiger partial charge in [-0.1, -0.05) is 29.8 Å². The number of carbonyl (C=O) groups is 2. The Kier molecular flexibility index (Phi) is 6.07. The van der Waals surface area contributed by atoms with Crippen LogP contribution >= 0.6 is 0 Å². The molecule has 2 amide bonds. The maximum atomic E-state index is 12.2. The molecule has 1 aliphatic heterocycles. The minimum Gasteiger partial charge on any atom is -0.494 e. The van der Waals surface area contributed by atoms with Gasteiger partial charge in [0.25, 0.3) is 0 Å². The quantitative estimate of drug-likeness (QED) is 0.722. The van der Waals surface area contributed by atoms with Crippen LogP contribution in [0.2, 0.25) is 0 Å². The van der Waals surface area contributed by atoms with Crippen molar-refractivity contribution < 1.29 is 22.7 Å². The predicted molar refractivity (Wildman–Crippen MR) is 110 cm³/mol. The highest BCUT2D eigenvalue weighted by Crippen LogP contribution is 2.32. The van der Waals surface area contributed by atoms with Crippen LogP contribution in [0.1, 0.15) is 17.5 Å². The second kappa shape index (κ2) is 8.52. The Labute approximate surface area is 169 Å². The van der Waals surface area contributed by atoms with Crippen LogP contribution in [0.4, 0.5) is 11.4 Å². The lowest BCUT2D eigenvalue weighted by atomic mass is 10.1. The van der Waals surface area contributed by atoms with Gasteiger partial charge in [0.2, 0.25) is 10.0 Å². The zero-order valence-corrected chi connectivity index (χ0v) is 17.1. The largest absolute Gasteiger partial charge is 0.494 e. The van der Waals surface area contributed by atoms with Gasteiger partial charge in [0.1, 0.15) is 5.75 Å². The van der Waals surface area contributed by atoms with Crippen molar-refractivity contribution in [3.05, 3.63) is 53.6 Å². The van der Waals surface area contributed by atoms with Gasteiger partial charge < -0.3 is 15.4 Å². The van der Waals surface area contributed by atoms with Gasteiger partial charge in [0.05, 0.1) is 24.2 Å². The topological polar surface area (TPSA) is 105 Å². The number of nitrogens with zero attached hydrogens (tertiary/aromatic N) is 1. The van der Waals surface area contributed by atoms with E-state index in [9.17, 15) is 18.0 Å². The fraction of sp³-hybridized carbons (Fsp3) is 0.300. The zero-order valence-electron chi connectivity index (χ0n) is 16.3. The second-order valence-electron chi connectivity index (χ2n) is 6.75. The van der Waals surface area contributed by atoms with Crippen molar-refractivity contribution in [3.63, 3.8) is 0 Å². The van der Waals surface area contributed by atoms with Crippen LogP contribution in [-0.4, -0.2) is 39.6 Å². The molecule has 0 unspecified atom stereocenters. The summed E-state index contributed by atoms with van der Waals surface area (Å²) in [5.74, 6) is -1.24. The molecule has 2 aromatic rings.